The van der Waals surface area contributed by atoms with Gasteiger partial charge in [0, 0.05) is 12.6 Å². The highest BCUT2D eigenvalue weighted by Crippen LogP contribution is 2.28. The summed E-state index contributed by atoms with van der Waals surface area (Å²) >= 11 is 0. The Hall–Kier alpha value is -1.30. The third-order valence-corrected chi connectivity index (χ3v) is 1.93. The lowest BCUT2D eigenvalue weighted by Gasteiger charge is -2.14. The minimum Gasteiger partial charge on any atom is -0.330 e. The van der Waals surface area contributed by atoms with Crippen molar-refractivity contribution < 1.29 is 13.2 Å². The van der Waals surface area contributed by atoms with Crippen molar-refractivity contribution in [3.05, 3.63) is 34.2 Å². The number of aromatic nitrogens is 1. The minimum atomic E-state index is -4.50. The Kier molecular flexibility index (Phi) is 3.52. The Balaban J connectivity index is 3.15. The third-order valence-electron chi connectivity index (χ3n) is 1.93. The van der Waals surface area contributed by atoms with Gasteiger partial charge in [-0.25, -0.2) is 0 Å². The van der Waals surface area contributed by atoms with Crippen molar-refractivity contribution in [3.63, 3.8) is 0 Å². The Morgan fingerprint density at radius 2 is 2.00 bits per heavy atom. The molecule has 0 saturated carbocycles. The van der Waals surface area contributed by atoms with Crippen molar-refractivity contribution in [3.8, 4) is 0 Å². The van der Waals surface area contributed by atoms with Crippen molar-refractivity contribution in [2.75, 3.05) is 6.54 Å². The molecule has 0 spiro atoms. The first-order valence-corrected chi connectivity index (χ1v) is 4.44. The molecule has 2 N–H and O–H groups in total. The largest absolute Gasteiger partial charge is 0.431 e. The van der Waals surface area contributed by atoms with Gasteiger partial charge in [0.1, 0.15) is 5.69 Å². The molecule has 0 aliphatic rings. The topological polar surface area (TPSA) is 48.0 Å². The molecule has 0 unspecified atom stereocenters. The molecule has 0 aliphatic heterocycles. The van der Waals surface area contributed by atoms with E-state index in [0.717, 1.165) is 18.2 Å². The second kappa shape index (κ2) is 4.48. The number of nitrogens with zero attached hydrogens (tertiary/aromatic N) is 1. The van der Waals surface area contributed by atoms with Gasteiger partial charge in [0.25, 0.3) is 5.56 Å². The standard InChI is InChI=1S/C9H11F3N2O/c10-9(11,12)7-3-1-4-8(15)14(7)6-2-5-13/h1,3-4H,2,5-6,13H2. The fourth-order valence-electron chi connectivity index (χ4n) is 1.25. The number of rotatable bonds is 3. The molecule has 6 heteroatoms. The molecule has 1 heterocycles. The Morgan fingerprint density at radius 1 is 1.33 bits per heavy atom. The normalized spacial score (nSPS) is 11.7. The van der Waals surface area contributed by atoms with Gasteiger partial charge < -0.3 is 10.3 Å². The highest BCUT2D eigenvalue weighted by atomic mass is 19.4. The number of hydrogen-bond acceptors (Lipinski definition) is 2. The van der Waals surface area contributed by atoms with E-state index in [-0.39, 0.29) is 13.1 Å². The van der Waals surface area contributed by atoms with E-state index in [1.807, 2.05) is 0 Å². The van der Waals surface area contributed by atoms with Gasteiger partial charge in [0.15, 0.2) is 0 Å². The lowest BCUT2D eigenvalue weighted by molar-refractivity contribution is -0.144. The molecule has 0 amide bonds. The lowest BCUT2D eigenvalue weighted by atomic mass is 10.3. The van der Waals surface area contributed by atoms with E-state index in [0.29, 0.717) is 11.0 Å². The predicted octanol–water partition coefficient (Wildman–Crippen LogP) is 1.22. The van der Waals surface area contributed by atoms with Crippen LogP contribution in [0.15, 0.2) is 23.0 Å². The third kappa shape index (κ3) is 2.82. The first kappa shape index (κ1) is 11.8. The molecule has 0 saturated heterocycles. The Morgan fingerprint density at radius 3 is 2.53 bits per heavy atom. The maximum absolute atomic E-state index is 12.5. The van der Waals surface area contributed by atoms with Crippen molar-refractivity contribution in [1.29, 1.82) is 0 Å². The second-order valence-electron chi connectivity index (χ2n) is 3.04. The van der Waals surface area contributed by atoms with Gasteiger partial charge in [-0.1, -0.05) is 6.07 Å². The second-order valence-corrected chi connectivity index (χ2v) is 3.04. The highest BCUT2D eigenvalue weighted by molar-refractivity contribution is 5.10. The number of hydrogen-bond donors (Lipinski definition) is 1. The molecule has 15 heavy (non-hydrogen) atoms. The molecule has 0 radical (unpaired) electrons. The first-order chi connectivity index (χ1) is 6.96. The maximum atomic E-state index is 12.5. The van der Waals surface area contributed by atoms with Crippen molar-refractivity contribution >= 4 is 0 Å². The van der Waals surface area contributed by atoms with Crippen molar-refractivity contribution in [1.82, 2.24) is 4.57 Å². The molecule has 1 aromatic rings. The average molecular weight is 220 g/mol. The zero-order valence-electron chi connectivity index (χ0n) is 7.92. The van der Waals surface area contributed by atoms with Crippen molar-refractivity contribution in [2.24, 2.45) is 5.73 Å². The van der Waals surface area contributed by atoms with E-state index >= 15 is 0 Å². The van der Waals surface area contributed by atoms with Crippen LogP contribution in [0.4, 0.5) is 13.2 Å². The van der Waals surface area contributed by atoms with Crippen LogP contribution >= 0.6 is 0 Å². The van der Waals surface area contributed by atoms with Crippen LogP contribution in [0.1, 0.15) is 12.1 Å². The van der Waals surface area contributed by atoms with Gasteiger partial charge in [-0.15, -0.1) is 0 Å². The summed E-state index contributed by atoms with van der Waals surface area (Å²) in [6.07, 6.45) is -4.16. The molecular weight excluding hydrogens is 209 g/mol. The molecular formula is C9H11F3N2O. The van der Waals surface area contributed by atoms with Gasteiger partial charge in [-0.3, -0.25) is 4.79 Å². The molecule has 1 rings (SSSR count). The number of halogens is 3. The zero-order chi connectivity index (χ0) is 11.5. The van der Waals surface area contributed by atoms with E-state index in [4.69, 9.17) is 5.73 Å². The quantitative estimate of drug-likeness (QED) is 0.832. The molecule has 84 valence electrons. The molecule has 0 aliphatic carbocycles. The van der Waals surface area contributed by atoms with Gasteiger partial charge in [-0.2, -0.15) is 13.2 Å². The van der Waals surface area contributed by atoms with E-state index in [9.17, 15) is 18.0 Å². The van der Waals surface area contributed by atoms with Crippen LogP contribution in [-0.2, 0) is 12.7 Å². The van der Waals surface area contributed by atoms with Crippen LogP contribution in [-0.4, -0.2) is 11.1 Å². The molecule has 3 nitrogen and oxygen atoms in total. The fraction of sp³-hybridized carbons (Fsp3) is 0.444. The van der Waals surface area contributed by atoms with E-state index in [1.54, 1.807) is 0 Å². The molecule has 1 aromatic heterocycles. The highest BCUT2D eigenvalue weighted by Gasteiger charge is 2.33. The predicted molar refractivity (Wildman–Crippen MR) is 49.4 cm³/mol. The van der Waals surface area contributed by atoms with E-state index in [2.05, 4.69) is 0 Å². The van der Waals surface area contributed by atoms with Gasteiger partial charge in [-0.05, 0) is 19.0 Å². The monoisotopic (exact) mass is 220 g/mol. The summed E-state index contributed by atoms with van der Waals surface area (Å²) in [6, 6.07) is 3.09. The lowest BCUT2D eigenvalue weighted by Crippen LogP contribution is -2.28. The van der Waals surface area contributed by atoms with Crippen LogP contribution in [0, 0.1) is 0 Å². The van der Waals surface area contributed by atoms with E-state index in [1.165, 1.54) is 0 Å². The first-order valence-electron chi connectivity index (χ1n) is 4.44. The summed E-state index contributed by atoms with van der Waals surface area (Å²) in [5, 5.41) is 0. The van der Waals surface area contributed by atoms with Crippen LogP contribution in [0.25, 0.3) is 0 Å². The van der Waals surface area contributed by atoms with Crippen LogP contribution < -0.4 is 11.3 Å². The van der Waals surface area contributed by atoms with Crippen LogP contribution in [0.5, 0.6) is 0 Å². The summed E-state index contributed by atoms with van der Waals surface area (Å²) in [5.74, 6) is 0. The number of alkyl halides is 3. The SMILES string of the molecule is NCCCn1c(C(F)(F)F)cccc1=O. The van der Waals surface area contributed by atoms with Crippen LogP contribution in [0.3, 0.4) is 0 Å². The van der Waals surface area contributed by atoms with Gasteiger partial charge >= 0.3 is 6.18 Å². The molecule has 0 aromatic carbocycles. The smallest absolute Gasteiger partial charge is 0.330 e. The maximum Gasteiger partial charge on any atom is 0.431 e. The molecule has 0 atom stereocenters. The van der Waals surface area contributed by atoms with Gasteiger partial charge in [0.2, 0.25) is 0 Å². The van der Waals surface area contributed by atoms with Crippen LogP contribution in [0.2, 0.25) is 0 Å². The van der Waals surface area contributed by atoms with Crippen molar-refractivity contribution in [2.45, 2.75) is 19.1 Å². The molecule has 0 bridgehead atoms. The number of pyridine rings is 1. The minimum absolute atomic E-state index is 0.00891. The summed E-state index contributed by atoms with van der Waals surface area (Å²) in [5.41, 5.74) is 3.61. The number of nitrogens with two attached hydrogens (primary N) is 1. The zero-order valence-corrected chi connectivity index (χ0v) is 7.92. The Bertz CT molecular complexity index is 384. The summed E-state index contributed by atoms with van der Waals surface area (Å²) in [7, 11) is 0. The Labute approximate surface area is 84.3 Å². The average Bonchev–Trinajstić information content (AvgIpc) is 2.14. The molecule has 0 fully saturated rings. The summed E-state index contributed by atoms with van der Waals surface area (Å²) in [4.78, 5) is 11.2. The van der Waals surface area contributed by atoms with Gasteiger partial charge in [0.05, 0.1) is 0 Å². The van der Waals surface area contributed by atoms with E-state index < -0.39 is 17.4 Å². The summed E-state index contributed by atoms with van der Waals surface area (Å²) in [6.45, 7) is 0.240. The summed E-state index contributed by atoms with van der Waals surface area (Å²) < 4.78 is 38.1. The fourth-order valence-corrected chi connectivity index (χ4v) is 1.25.